The van der Waals surface area contributed by atoms with Gasteiger partial charge in [0.25, 0.3) is 0 Å². The average Bonchev–Trinajstić information content (AvgIpc) is 2.91. The van der Waals surface area contributed by atoms with Crippen LogP contribution in [0.2, 0.25) is 0 Å². The lowest BCUT2D eigenvalue weighted by Crippen LogP contribution is -2.22. The average molecular weight is 266 g/mol. The van der Waals surface area contributed by atoms with E-state index in [9.17, 15) is 0 Å². The number of pyridine rings is 1. The van der Waals surface area contributed by atoms with Crippen molar-refractivity contribution in [3.63, 3.8) is 0 Å². The van der Waals surface area contributed by atoms with Crippen LogP contribution in [0.3, 0.4) is 0 Å². The molecule has 0 saturated heterocycles. The van der Waals surface area contributed by atoms with E-state index in [4.69, 9.17) is 4.98 Å². The number of hydrogen-bond acceptors (Lipinski definition) is 3. The molecule has 20 heavy (non-hydrogen) atoms. The molecule has 0 aliphatic heterocycles. The molecular weight excluding hydrogens is 248 g/mol. The molecule has 0 spiro atoms. The van der Waals surface area contributed by atoms with Crippen LogP contribution in [0, 0.1) is 0 Å². The Morgan fingerprint density at radius 2 is 2.05 bits per heavy atom. The fourth-order valence-electron chi connectivity index (χ4n) is 2.47. The Morgan fingerprint density at radius 3 is 2.80 bits per heavy atom. The first-order chi connectivity index (χ1) is 9.78. The summed E-state index contributed by atoms with van der Waals surface area (Å²) in [5.41, 5.74) is 2.12. The van der Waals surface area contributed by atoms with E-state index < -0.39 is 0 Å². The Bertz CT molecular complexity index is 717. The highest BCUT2D eigenvalue weighted by Gasteiger charge is 2.15. The number of imidazole rings is 1. The van der Waals surface area contributed by atoms with Gasteiger partial charge in [0, 0.05) is 36.9 Å². The third-order valence-corrected chi connectivity index (χ3v) is 3.59. The van der Waals surface area contributed by atoms with Crippen molar-refractivity contribution in [2.75, 3.05) is 7.05 Å². The van der Waals surface area contributed by atoms with Gasteiger partial charge in [-0.15, -0.1) is 0 Å². The zero-order valence-electron chi connectivity index (χ0n) is 11.7. The number of fused-ring (bicyclic) bond motifs is 1. The number of likely N-dealkylation sites (N-methyl/N-ethyl adjacent to an activating group) is 1. The number of rotatable bonds is 4. The number of aryl methyl sites for hydroxylation is 1. The van der Waals surface area contributed by atoms with Gasteiger partial charge in [-0.2, -0.15) is 0 Å². The first-order valence-corrected chi connectivity index (χ1v) is 6.77. The second kappa shape index (κ2) is 5.43. The van der Waals surface area contributed by atoms with Gasteiger partial charge in [-0.3, -0.25) is 4.98 Å². The number of hydrogen-bond donors (Lipinski definition) is 1. The first kappa shape index (κ1) is 12.8. The molecule has 0 radical (unpaired) electrons. The summed E-state index contributed by atoms with van der Waals surface area (Å²) in [6.07, 6.45) is 4.62. The minimum atomic E-state index is 0.170. The van der Waals surface area contributed by atoms with Crippen LogP contribution in [0.25, 0.3) is 10.9 Å². The van der Waals surface area contributed by atoms with E-state index in [1.807, 2.05) is 49.3 Å². The molecule has 1 aromatic carbocycles. The summed E-state index contributed by atoms with van der Waals surface area (Å²) in [5.74, 6) is 1.03. The fraction of sp³-hybridized carbons (Fsp3) is 0.250. The molecule has 102 valence electrons. The maximum Gasteiger partial charge on any atom is 0.125 e. The number of nitrogens with one attached hydrogen (secondary N) is 1. The second-order valence-electron chi connectivity index (χ2n) is 4.94. The zero-order valence-corrected chi connectivity index (χ0v) is 11.7. The van der Waals surface area contributed by atoms with Gasteiger partial charge in [0.05, 0.1) is 11.6 Å². The molecule has 1 unspecified atom stereocenters. The van der Waals surface area contributed by atoms with Gasteiger partial charge in [0.2, 0.25) is 0 Å². The molecule has 0 amide bonds. The lowest BCUT2D eigenvalue weighted by molar-refractivity contribution is 0.533. The summed E-state index contributed by atoms with van der Waals surface area (Å²) < 4.78 is 2.04. The molecule has 0 aliphatic rings. The second-order valence-corrected chi connectivity index (χ2v) is 4.94. The standard InChI is InChI=1S/C16H18N4/c1-17-15(16-18-9-10-20(16)2)11-13-8-7-12-5-3-4-6-14(12)19-13/h3-10,15,17H,11H2,1-2H3. The maximum absolute atomic E-state index is 4.73. The van der Waals surface area contributed by atoms with Gasteiger partial charge >= 0.3 is 0 Å². The van der Waals surface area contributed by atoms with Crippen molar-refractivity contribution < 1.29 is 0 Å². The minimum absolute atomic E-state index is 0.170. The van der Waals surface area contributed by atoms with E-state index in [0.29, 0.717) is 0 Å². The molecule has 4 nitrogen and oxygen atoms in total. The molecule has 0 bridgehead atoms. The van der Waals surface area contributed by atoms with Crippen molar-refractivity contribution in [2.24, 2.45) is 7.05 Å². The van der Waals surface area contributed by atoms with E-state index >= 15 is 0 Å². The third-order valence-electron chi connectivity index (χ3n) is 3.59. The fourth-order valence-corrected chi connectivity index (χ4v) is 2.47. The first-order valence-electron chi connectivity index (χ1n) is 6.77. The van der Waals surface area contributed by atoms with Gasteiger partial charge in [-0.05, 0) is 19.2 Å². The van der Waals surface area contributed by atoms with Crippen LogP contribution in [-0.2, 0) is 13.5 Å². The molecule has 4 heteroatoms. The van der Waals surface area contributed by atoms with Gasteiger partial charge in [0.15, 0.2) is 0 Å². The Balaban J connectivity index is 1.89. The monoisotopic (exact) mass is 266 g/mol. The summed E-state index contributed by atoms with van der Waals surface area (Å²) >= 11 is 0. The van der Waals surface area contributed by atoms with Crippen molar-refractivity contribution in [3.8, 4) is 0 Å². The summed E-state index contributed by atoms with van der Waals surface area (Å²) in [5, 5.41) is 4.49. The van der Waals surface area contributed by atoms with Crippen LogP contribution in [0.1, 0.15) is 17.6 Å². The highest BCUT2D eigenvalue weighted by atomic mass is 15.1. The molecular formula is C16H18N4. The Morgan fingerprint density at radius 1 is 1.20 bits per heavy atom. The Hall–Kier alpha value is -2.20. The summed E-state index contributed by atoms with van der Waals surface area (Å²) in [7, 11) is 3.97. The van der Waals surface area contributed by atoms with E-state index in [-0.39, 0.29) is 6.04 Å². The van der Waals surface area contributed by atoms with Crippen LogP contribution in [0.4, 0.5) is 0 Å². The van der Waals surface area contributed by atoms with Gasteiger partial charge in [-0.1, -0.05) is 24.3 Å². The normalized spacial score (nSPS) is 12.7. The van der Waals surface area contributed by atoms with E-state index in [1.54, 1.807) is 0 Å². The highest BCUT2D eigenvalue weighted by molar-refractivity contribution is 5.78. The molecule has 1 N–H and O–H groups in total. The molecule has 3 aromatic rings. The van der Waals surface area contributed by atoms with Crippen LogP contribution in [0.5, 0.6) is 0 Å². The van der Waals surface area contributed by atoms with Crippen molar-refractivity contribution in [1.29, 1.82) is 0 Å². The number of para-hydroxylation sites is 1. The van der Waals surface area contributed by atoms with Crippen molar-refractivity contribution >= 4 is 10.9 Å². The van der Waals surface area contributed by atoms with Crippen LogP contribution in [0.15, 0.2) is 48.8 Å². The van der Waals surface area contributed by atoms with Crippen LogP contribution >= 0.6 is 0 Å². The van der Waals surface area contributed by atoms with Gasteiger partial charge in [0.1, 0.15) is 5.82 Å². The minimum Gasteiger partial charge on any atom is -0.337 e. The lowest BCUT2D eigenvalue weighted by atomic mass is 10.1. The number of aromatic nitrogens is 3. The predicted octanol–water partition coefficient (Wildman–Crippen LogP) is 2.47. The summed E-state index contributed by atoms with van der Waals surface area (Å²) in [4.78, 5) is 9.14. The molecule has 0 aliphatic carbocycles. The van der Waals surface area contributed by atoms with Crippen molar-refractivity contribution in [3.05, 3.63) is 60.3 Å². The number of benzene rings is 1. The zero-order chi connectivity index (χ0) is 13.9. The van der Waals surface area contributed by atoms with E-state index in [1.165, 1.54) is 5.39 Å². The summed E-state index contributed by atoms with van der Waals surface area (Å²) in [6.45, 7) is 0. The van der Waals surface area contributed by atoms with E-state index in [0.717, 1.165) is 23.5 Å². The molecule has 2 heterocycles. The predicted molar refractivity (Wildman–Crippen MR) is 80.5 cm³/mol. The van der Waals surface area contributed by atoms with Crippen LogP contribution < -0.4 is 5.32 Å². The van der Waals surface area contributed by atoms with Gasteiger partial charge in [-0.25, -0.2) is 4.98 Å². The van der Waals surface area contributed by atoms with Crippen molar-refractivity contribution in [1.82, 2.24) is 19.9 Å². The quantitative estimate of drug-likeness (QED) is 0.789. The van der Waals surface area contributed by atoms with Crippen LogP contribution in [-0.4, -0.2) is 21.6 Å². The molecule has 1 atom stereocenters. The van der Waals surface area contributed by atoms with E-state index in [2.05, 4.69) is 28.5 Å². The molecule has 0 saturated carbocycles. The maximum atomic E-state index is 4.73. The Kier molecular flexibility index (Phi) is 3.48. The number of nitrogens with zero attached hydrogens (tertiary/aromatic N) is 3. The smallest absolute Gasteiger partial charge is 0.125 e. The third kappa shape index (κ3) is 2.42. The molecule has 3 rings (SSSR count). The summed E-state index contributed by atoms with van der Waals surface area (Å²) in [6, 6.07) is 12.6. The topological polar surface area (TPSA) is 42.7 Å². The Labute approximate surface area is 118 Å². The SMILES string of the molecule is CNC(Cc1ccc2ccccc2n1)c1nccn1C. The molecule has 0 fully saturated rings. The highest BCUT2D eigenvalue weighted by Crippen LogP contribution is 2.18. The lowest BCUT2D eigenvalue weighted by Gasteiger charge is -2.15. The molecule has 2 aromatic heterocycles. The largest absolute Gasteiger partial charge is 0.337 e. The van der Waals surface area contributed by atoms with Crippen molar-refractivity contribution in [2.45, 2.75) is 12.5 Å². The van der Waals surface area contributed by atoms with Gasteiger partial charge < -0.3 is 9.88 Å².